The molecule has 1 aromatic heterocycles. The van der Waals surface area contributed by atoms with Crippen LogP contribution in [0.4, 0.5) is 33.5 Å². The van der Waals surface area contributed by atoms with E-state index in [1.165, 1.54) is 0 Å². The highest BCUT2D eigenvalue weighted by Gasteiger charge is 2.39. The fourth-order valence-corrected chi connectivity index (χ4v) is 1.07. The Kier molecular flexibility index (Phi) is 2.69. The summed E-state index contributed by atoms with van der Waals surface area (Å²) in [6, 6.07) is 0.689. The number of alkyl halides is 5. The van der Waals surface area contributed by atoms with Crippen molar-refractivity contribution in [3.05, 3.63) is 17.3 Å². The lowest BCUT2D eigenvalue weighted by Crippen LogP contribution is -2.15. The zero-order valence-electron chi connectivity index (χ0n) is 7.15. The third kappa shape index (κ3) is 2.25. The quantitative estimate of drug-likeness (QED) is 0.723. The van der Waals surface area contributed by atoms with Crippen molar-refractivity contribution in [2.45, 2.75) is 12.6 Å². The largest absolute Gasteiger partial charge is 0.420 e. The third-order valence-electron chi connectivity index (χ3n) is 1.59. The Morgan fingerprint density at radius 3 is 2.13 bits per heavy atom. The second-order valence-electron chi connectivity index (χ2n) is 2.70. The van der Waals surface area contributed by atoms with Crippen LogP contribution in [0.2, 0.25) is 0 Å². The maximum Gasteiger partial charge on any atom is 0.420 e. The summed E-state index contributed by atoms with van der Waals surface area (Å²) in [5.74, 6) is -0.476. The maximum atomic E-state index is 12.3. The molecule has 1 heterocycles. The SMILES string of the molecule is Nc1cc(N)c(C(F)(F)F)c(C(F)F)n1. The van der Waals surface area contributed by atoms with E-state index in [-0.39, 0.29) is 0 Å². The van der Waals surface area contributed by atoms with Crippen LogP contribution in [0.3, 0.4) is 0 Å². The van der Waals surface area contributed by atoms with E-state index in [4.69, 9.17) is 11.5 Å². The molecule has 0 aliphatic heterocycles. The molecule has 0 atom stereocenters. The summed E-state index contributed by atoms with van der Waals surface area (Å²) in [5.41, 5.74) is 6.06. The van der Waals surface area contributed by atoms with E-state index in [1.54, 1.807) is 0 Å². The fraction of sp³-hybridized carbons (Fsp3) is 0.286. The zero-order valence-corrected chi connectivity index (χ0v) is 7.15. The van der Waals surface area contributed by atoms with E-state index in [1.807, 2.05) is 0 Å². The minimum atomic E-state index is -4.98. The van der Waals surface area contributed by atoms with E-state index in [0.717, 1.165) is 0 Å². The van der Waals surface area contributed by atoms with Gasteiger partial charge in [-0.05, 0) is 0 Å². The summed E-state index contributed by atoms with van der Waals surface area (Å²) < 4.78 is 61.4. The molecule has 0 aliphatic carbocycles. The van der Waals surface area contributed by atoms with E-state index < -0.39 is 35.4 Å². The Balaban J connectivity index is 3.48. The highest BCUT2D eigenvalue weighted by Crippen LogP contribution is 2.39. The van der Waals surface area contributed by atoms with Gasteiger partial charge >= 0.3 is 6.18 Å². The lowest BCUT2D eigenvalue weighted by atomic mass is 10.1. The number of aromatic nitrogens is 1. The first kappa shape index (κ1) is 11.5. The molecule has 84 valence electrons. The van der Waals surface area contributed by atoms with Crippen LogP contribution < -0.4 is 11.5 Å². The fourth-order valence-electron chi connectivity index (χ4n) is 1.07. The lowest BCUT2D eigenvalue weighted by molar-refractivity contribution is -0.139. The molecule has 0 amide bonds. The van der Waals surface area contributed by atoms with Gasteiger partial charge in [-0.1, -0.05) is 0 Å². The second-order valence-corrected chi connectivity index (χ2v) is 2.70. The summed E-state index contributed by atoms with van der Waals surface area (Å²) in [6.07, 6.45) is -8.36. The number of nitrogens with zero attached hydrogens (tertiary/aromatic N) is 1. The second kappa shape index (κ2) is 3.52. The van der Waals surface area contributed by atoms with Crippen LogP contribution in [0, 0.1) is 0 Å². The topological polar surface area (TPSA) is 64.9 Å². The van der Waals surface area contributed by atoms with Crippen molar-refractivity contribution in [1.82, 2.24) is 4.98 Å². The minimum Gasteiger partial charge on any atom is -0.398 e. The van der Waals surface area contributed by atoms with E-state index in [2.05, 4.69) is 4.98 Å². The lowest BCUT2D eigenvalue weighted by Gasteiger charge is -2.14. The number of halogens is 5. The monoisotopic (exact) mass is 227 g/mol. The highest BCUT2D eigenvalue weighted by molar-refractivity contribution is 5.56. The van der Waals surface area contributed by atoms with Gasteiger partial charge in [-0.3, -0.25) is 0 Å². The van der Waals surface area contributed by atoms with Gasteiger partial charge in [-0.2, -0.15) is 13.2 Å². The number of pyridine rings is 1. The number of nitrogens with two attached hydrogens (primary N) is 2. The molecular weight excluding hydrogens is 221 g/mol. The van der Waals surface area contributed by atoms with Crippen molar-refractivity contribution in [2.24, 2.45) is 0 Å². The first-order chi connectivity index (χ1) is 6.73. The molecule has 0 aliphatic rings. The summed E-state index contributed by atoms with van der Waals surface area (Å²) in [7, 11) is 0. The first-order valence-corrected chi connectivity index (χ1v) is 3.64. The molecule has 1 aromatic rings. The Morgan fingerprint density at radius 2 is 1.73 bits per heavy atom. The molecule has 0 bridgehead atoms. The van der Waals surface area contributed by atoms with Crippen LogP contribution in [-0.4, -0.2) is 4.98 Å². The Morgan fingerprint density at radius 1 is 1.20 bits per heavy atom. The first-order valence-electron chi connectivity index (χ1n) is 3.64. The number of rotatable bonds is 1. The average Bonchev–Trinajstić information content (AvgIpc) is 1.99. The number of anilines is 2. The molecule has 0 unspecified atom stereocenters. The zero-order chi connectivity index (χ0) is 11.8. The molecular formula is C7H6F5N3. The Bertz CT molecular complexity index is 374. The van der Waals surface area contributed by atoms with Crippen molar-refractivity contribution in [3.63, 3.8) is 0 Å². The third-order valence-corrected chi connectivity index (χ3v) is 1.59. The Labute approximate surface area is 80.9 Å². The molecule has 15 heavy (non-hydrogen) atoms. The van der Waals surface area contributed by atoms with Gasteiger partial charge in [-0.15, -0.1) is 0 Å². The van der Waals surface area contributed by atoms with Crippen LogP contribution in [0.25, 0.3) is 0 Å². The van der Waals surface area contributed by atoms with E-state index in [0.29, 0.717) is 6.07 Å². The Hall–Kier alpha value is -1.60. The smallest absolute Gasteiger partial charge is 0.398 e. The van der Waals surface area contributed by atoms with Gasteiger partial charge in [-0.25, -0.2) is 13.8 Å². The van der Waals surface area contributed by atoms with Crippen LogP contribution in [0.1, 0.15) is 17.7 Å². The van der Waals surface area contributed by atoms with Gasteiger partial charge in [0.1, 0.15) is 17.1 Å². The maximum absolute atomic E-state index is 12.3. The molecule has 0 saturated heterocycles. The molecule has 1 rings (SSSR count). The normalized spacial score (nSPS) is 12.1. The van der Waals surface area contributed by atoms with Gasteiger partial charge in [0.05, 0.1) is 0 Å². The van der Waals surface area contributed by atoms with Crippen LogP contribution in [0.5, 0.6) is 0 Å². The van der Waals surface area contributed by atoms with Crippen molar-refractivity contribution in [2.75, 3.05) is 11.5 Å². The molecule has 0 saturated carbocycles. The predicted octanol–water partition coefficient (Wildman–Crippen LogP) is 2.20. The summed E-state index contributed by atoms with van der Waals surface area (Å²) >= 11 is 0. The molecule has 0 fully saturated rings. The van der Waals surface area contributed by atoms with Gasteiger partial charge in [0.2, 0.25) is 0 Å². The molecule has 0 spiro atoms. The summed E-state index contributed by atoms with van der Waals surface area (Å²) in [6.45, 7) is 0. The van der Waals surface area contributed by atoms with E-state index in [9.17, 15) is 22.0 Å². The number of nitrogen functional groups attached to an aromatic ring is 2. The van der Waals surface area contributed by atoms with Crippen LogP contribution in [0.15, 0.2) is 6.07 Å². The average molecular weight is 227 g/mol. The van der Waals surface area contributed by atoms with Gasteiger partial charge in [0, 0.05) is 11.8 Å². The highest BCUT2D eigenvalue weighted by atomic mass is 19.4. The van der Waals surface area contributed by atoms with Crippen molar-refractivity contribution < 1.29 is 22.0 Å². The van der Waals surface area contributed by atoms with Gasteiger partial charge < -0.3 is 11.5 Å². The van der Waals surface area contributed by atoms with Gasteiger partial charge in [0.15, 0.2) is 0 Å². The standard InChI is InChI=1S/C7H6F5N3/c8-6(9)5-4(7(10,11)12)2(13)1-3(14)15-5/h1,6H,(H4,13,14,15). The summed E-state index contributed by atoms with van der Waals surface area (Å²) in [4.78, 5) is 2.93. The minimum absolute atomic E-state index is 0.476. The molecule has 3 nitrogen and oxygen atoms in total. The van der Waals surface area contributed by atoms with Crippen LogP contribution >= 0.6 is 0 Å². The molecule has 4 N–H and O–H groups in total. The number of hydrogen-bond acceptors (Lipinski definition) is 3. The van der Waals surface area contributed by atoms with Crippen molar-refractivity contribution in [1.29, 1.82) is 0 Å². The van der Waals surface area contributed by atoms with Crippen LogP contribution in [-0.2, 0) is 6.18 Å². The van der Waals surface area contributed by atoms with E-state index >= 15 is 0 Å². The predicted molar refractivity (Wildman–Crippen MR) is 43.0 cm³/mol. The molecule has 0 radical (unpaired) electrons. The number of hydrogen-bond donors (Lipinski definition) is 2. The summed E-state index contributed by atoms with van der Waals surface area (Å²) in [5, 5.41) is 0. The molecule has 0 aromatic carbocycles. The van der Waals surface area contributed by atoms with Gasteiger partial charge in [0.25, 0.3) is 6.43 Å². The van der Waals surface area contributed by atoms with Crippen molar-refractivity contribution >= 4 is 11.5 Å². The molecule has 8 heteroatoms. The van der Waals surface area contributed by atoms with Crippen molar-refractivity contribution in [3.8, 4) is 0 Å².